The number of carbonyl (C=O) groups excluding carboxylic acids is 1. The van der Waals surface area contributed by atoms with E-state index in [-0.39, 0.29) is 12.6 Å². The molecule has 3 heteroatoms. The topological polar surface area (TPSA) is 38.8 Å². The van der Waals surface area contributed by atoms with Crippen molar-refractivity contribution in [1.29, 1.82) is 0 Å². The van der Waals surface area contributed by atoms with Crippen LogP contribution in [0.25, 0.3) is 0 Å². The van der Waals surface area contributed by atoms with Gasteiger partial charge in [0.15, 0.2) is 6.10 Å². The van der Waals surface area contributed by atoms with Crippen LogP contribution in [0.1, 0.15) is 12.5 Å². The smallest absolute Gasteiger partial charge is 0.339 e. The number of benzene rings is 1. The minimum Gasteiger partial charge on any atom is -0.459 e. The zero-order chi connectivity index (χ0) is 11.6. The van der Waals surface area contributed by atoms with Crippen molar-refractivity contribution >= 4 is 5.97 Å². The van der Waals surface area contributed by atoms with Gasteiger partial charge >= 0.3 is 5.97 Å². The van der Waals surface area contributed by atoms with Crippen LogP contribution in [0, 0.1) is 0 Å². The highest BCUT2D eigenvalue weighted by atomic mass is 16.7. The summed E-state index contributed by atoms with van der Waals surface area (Å²) in [7, 11) is 0. The van der Waals surface area contributed by atoms with Gasteiger partial charge in [-0.3, -0.25) is 0 Å². The molecule has 1 saturated heterocycles. The summed E-state index contributed by atoms with van der Waals surface area (Å²) in [6.07, 6.45) is 1.05. The molecule has 2 rings (SSSR count). The Morgan fingerprint density at radius 2 is 2.25 bits per heavy atom. The van der Waals surface area contributed by atoms with E-state index in [1.54, 1.807) is 6.08 Å². The molecule has 2 unspecified atom stereocenters. The molecule has 1 aromatic rings. The fraction of sp³-hybridized carbons (Fsp3) is 0.308. The monoisotopic (exact) mass is 218 g/mol. The standard InChI is InChI=1S/C13H14O3/c1-3-9-15-12(14)11-13(2,16-11)10-7-5-4-6-8-10/h3-8,11H,1,9H2,2H3. The Bertz CT molecular complexity index is 399. The second-order valence-corrected chi connectivity index (χ2v) is 3.89. The van der Waals surface area contributed by atoms with Crippen molar-refractivity contribution < 1.29 is 14.3 Å². The van der Waals surface area contributed by atoms with Gasteiger partial charge in [-0.15, -0.1) is 0 Å². The van der Waals surface area contributed by atoms with E-state index in [1.165, 1.54) is 0 Å². The van der Waals surface area contributed by atoms with Gasteiger partial charge < -0.3 is 9.47 Å². The molecular formula is C13H14O3. The average molecular weight is 218 g/mol. The van der Waals surface area contributed by atoms with Crippen LogP contribution in [0.15, 0.2) is 43.0 Å². The van der Waals surface area contributed by atoms with Gasteiger partial charge in [-0.2, -0.15) is 0 Å². The second kappa shape index (κ2) is 4.10. The van der Waals surface area contributed by atoms with Crippen LogP contribution < -0.4 is 0 Å². The Labute approximate surface area is 94.7 Å². The molecule has 0 spiro atoms. The highest BCUT2D eigenvalue weighted by Gasteiger charge is 2.59. The zero-order valence-corrected chi connectivity index (χ0v) is 9.18. The lowest BCUT2D eigenvalue weighted by atomic mass is 9.97. The summed E-state index contributed by atoms with van der Waals surface area (Å²) in [6.45, 7) is 5.61. The van der Waals surface area contributed by atoms with Crippen molar-refractivity contribution in [3.63, 3.8) is 0 Å². The maximum Gasteiger partial charge on any atom is 0.339 e. The van der Waals surface area contributed by atoms with Gasteiger partial charge in [-0.05, 0) is 12.5 Å². The van der Waals surface area contributed by atoms with Crippen molar-refractivity contribution in [1.82, 2.24) is 0 Å². The minimum atomic E-state index is -0.528. The number of carbonyl (C=O) groups is 1. The minimum absolute atomic E-state index is 0.226. The van der Waals surface area contributed by atoms with Crippen molar-refractivity contribution in [2.75, 3.05) is 6.61 Å². The van der Waals surface area contributed by atoms with Gasteiger partial charge in [0, 0.05) is 0 Å². The third-order valence-corrected chi connectivity index (χ3v) is 2.71. The molecule has 1 aliphatic rings. The van der Waals surface area contributed by atoms with Crippen LogP contribution >= 0.6 is 0 Å². The van der Waals surface area contributed by atoms with Gasteiger partial charge in [0.2, 0.25) is 0 Å². The van der Waals surface area contributed by atoms with Crippen molar-refractivity contribution in [3.05, 3.63) is 48.6 Å². The molecule has 1 aromatic carbocycles. The lowest BCUT2D eigenvalue weighted by Gasteiger charge is -2.05. The Balaban J connectivity index is 2.04. The lowest BCUT2D eigenvalue weighted by Crippen LogP contribution is -2.18. The Morgan fingerprint density at radius 1 is 1.56 bits per heavy atom. The Hall–Kier alpha value is -1.61. The second-order valence-electron chi connectivity index (χ2n) is 3.89. The number of ether oxygens (including phenoxy) is 2. The molecule has 1 aliphatic heterocycles. The van der Waals surface area contributed by atoms with Crippen molar-refractivity contribution in [2.24, 2.45) is 0 Å². The first kappa shape index (κ1) is 10.9. The number of hydrogen-bond donors (Lipinski definition) is 0. The first-order chi connectivity index (χ1) is 7.68. The molecule has 2 atom stereocenters. The van der Waals surface area contributed by atoms with E-state index in [2.05, 4.69) is 6.58 Å². The largest absolute Gasteiger partial charge is 0.459 e. The molecule has 0 aliphatic carbocycles. The molecule has 0 aromatic heterocycles. The molecule has 0 N–H and O–H groups in total. The van der Waals surface area contributed by atoms with Gasteiger partial charge in [0.25, 0.3) is 0 Å². The molecule has 16 heavy (non-hydrogen) atoms. The van der Waals surface area contributed by atoms with E-state index >= 15 is 0 Å². The Morgan fingerprint density at radius 3 is 2.88 bits per heavy atom. The fourth-order valence-corrected chi connectivity index (χ4v) is 1.69. The van der Waals surface area contributed by atoms with Gasteiger partial charge in [0.1, 0.15) is 12.2 Å². The van der Waals surface area contributed by atoms with E-state index in [1.807, 2.05) is 37.3 Å². The van der Waals surface area contributed by atoms with Gasteiger partial charge in [-0.25, -0.2) is 4.79 Å². The zero-order valence-electron chi connectivity index (χ0n) is 9.18. The number of rotatable bonds is 4. The van der Waals surface area contributed by atoms with E-state index in [9.17, 15) is 4.79 Å². The maximum absolute atomic E-state index is 11.6. The van der Waals surface area contributed by atoms with Gasteiger partial charge in [0.05, 0.1) is 0 Å². The van der Waals surface area contributed by atoms with Crippen LogP contribution in [0.5, 0.6) is 0 Å². The quantitative estimate of drug-likeness (QED) is 0.441. The maximum atomic E-state index is 11.6. The van der Waals surface area contributed by atoms with E-state index in [0.717, 1.165) is 5.56 Å². The summed E-state index contributed by atoms with van der Waals surface area (Å²) in [4.78, 5) is 11.6. The molecule has 1 fully saturated rings. The van der Waals surface area contributed by atoms with Crippen LogP contribution in [0.3, 0.4) is 0 Å². The number of epoxide rings is 1. The summed E-state index contributed by atoms with van der Waals surface area (Å²) in [5.41, 5.74) is 0.468. The molecule has 0 radical (unpaired) electrons. The van der Waals surface area contributed by atoms with Crippen molar-refractivity contribution in [3.8, 4) is 0 Å². The SMILES string of the molecule is C=CCOC(=O)C1OC1(C)c1ccccc1. The number of hydrogen-bond acceptors (Lipinski definition) is 3. The highest BCUT2D eigenvalue weighted by molar-refractivity contribution is 5.79. The summed E-state index contributed by atoms with van der Waals surface area (Å²) in [5.74, 6) is -0.328. The van der Waals surface area contributed by atoms with E-state index in [4.69, 9.17) is 9.47 Å². The third-order valence-electron chi connectivity index (χ3n) is 2.71. The van der Waals surface area contributed by atoms with Crippen LogP contribution in [0.2, 0.25) is 0 Å². The first-order valence-corrected chi connectivity index (χ1v) is 5.19. The Kier molecular flexibility index (Phi) is 2.79. The van der Waals surface area contributed by atoms with E-state index < -0.39 is 11.7 Å². The van der Waals surface area contributed by atoms with Crippen molar-refractivity contribution in [2.45, 2.75) is 18.6 Å². The summed E-state index contributed by atoms with van der Waals surface area (Å²) >= 11 is 0. The van der Waals surface area contributed by atoms with Crippen LogP contribution in [0.4, 0.5) is 0 Å². The predicted molar refractivity (Wildman–Crippen MR) is 59.8 cm³/mol. The highest BCUT2D eigenvalue weighted by Crippen LogP contribution is 2.46. The van der Waals surface area contributed by atoms with Crippen LogP contribution in [-0.4, -0.2) is 18.7 Å². The van der Waals surface area contributed by atoms with E-state index in [0.29, 0.717) is 0 Å². The summed E-state index contributed by atoms with van der Waals surface area (Å²) in [5, 5.41) is 0. The normalized spacial score (nSPS) is 27.2. The predicted octanol–water partition coefficient (Wildman–Crippen LogP) is 2.03. The molecule has 84 valence electrons. The molecule has 3 nitrogen and oxygen atoms in total. The molecule has 0 saturated carbocycles. The average Bonchev–Trinajstić information content (AvgIpc) is 3.01. The summed E-state index contributed by atoms with van der Waals surface area (Å²) < 4.78 is 10.4. The third kappa shape index (κ3) is 1.86. The summed E-state index contributed by atoms with van der Waals surface area (Å²) in [6, 6.07) is 9.67. The fourth-order valence-electron chi connectivity index (χ4n) is 1.69. The first-order valence-electron chi connectivity index (χ1n) is 5.19. The molecular weight excluding hydrogens is 204 g/mol. The van der Waals surface area contributed by atoms with Gasteiger partial charge in [-0.1, -0.05) is 43.0 Å². The lowest BCUT2D eigenvalue weighted by molar-refractivity contribution is -0.143. The molecule has 1 heterocycles. The van der Waals surface area contributed by atoms with Crippen LogP contribution in [-0.2, 0) is 19.9 Å². The number of esters is 1. The molecule has 0 amide bonds. The molecule has 0 bridgehead atoms.